The molecule has 0 radical (unpaired) electrons. The lowest BCUT2D eigenvalue weighted by atomic mass is 10.2. The number of ether oxygens (including phenoxy) is 2. The lowest BCUT2D eigenvalue weighted by molar-refractivity contribution is -0.384. The van der Waals surface area contributed by atoms with E-state index >= 15 is 0 Å². The van der Waals surface area contributed by atoms with Gasteiger partial charge in [0, 0.05) is 20.2 Å². The summed E-state index contributed by atoms with van der Waals surface area (Å²) in [6.45, 7) is 2.21. The Hall–Kier alpha value is -2.22. The van der Waals surface area contributed by atoms with Crippen LogP contribution in [0.2, 0.25) is 0 Å². The lowest BCUT2D eigenvalue weighted by Crippen LogP contribution is -2.34. The van der Waals surface area contributed by atoms with Crippen molar-refractivity contribution < 1.29 is 19.2 Å². The fourth-order valence-electron chi connectivity index (χ4n) is 1.62. The predicted octanol–water partition coefficient (Wildman–Crippen LogP) is 1.25. The Morgan fingerprint density at radius 2 is 2.15 bits per heavy atom. The SMILES string of the molecule is COCC(C)N(C)c1nc(C(=O)OC)ccc1[N+](=O)[O-]. The quantitative estimate of drug-likeness (QED) is 0.440. The standard InChI is InChI=1S/C12H17N3O5/c1-8(7-19-3)14(2)11-10(15(17)18)6-5-9(13-11)12(16)20-4/h5-6,8H,7H2,1-4H3. The molecule has 0 aliphatic rings. The van der Waals surface area contributed by atoms with E-state index in [0.29, 0.717) is 6.61 Å². The predicted molar refractivity (Wildman–Crippen MR) is 72.0 cm³/mol. The third-order valence-electron chi connectivity index (χ3n) is 2.85. The molecule has 0 saturated heterocycles. The molecule has 1 unspecified atom stereocenters. The van der Waals surface area contributed by atoms with E-state index in [2.05, 4.69) is 9.72 Å². The summed E-state index contributed by atoms with van der Waals surface area (Å²) in [5, 5.41) is 11.0. The van der Waals surface area contributed by atoms with Crippen LogP contribution in [-0.4, -0.2) is 49.8 Å². The van der Waals surface area contributed by atoms with Crippen molar-refractivity contribution >= 4 is 17.5 Å². The normalized spacial score (nSPS) is 11.8. The van der Waals surface area contributed by atoms with Gasteiger partial charge in [-0.05, 0) is 13.0 Å². The molecule has 8 nitrogen and oxygen atoms in total. The van der Waals surface area contributed by atoms with E-state index in [0.717, 1.165) is 0 Å². The topological polar surface area (TPSA) is 94.8 Å². The summed E-state index contributed by atoms with van der Waals surface area (Å²) in [6, 6.07) is 2.37. The Labute approximate surface area is 116 Å². The smallest absolute Gasteiger partial charge is 0.356 e. The summed E-state index contributed by atoms with van der Waals surface area (Å²) in [5.41, 5.74) is -0.160. The van der Waals surface area contributed by atoms with Crippen LogP contribution in [0.4, 0.5) is 11.5 Å². The molecule has 1 aromatic rings. The molecule has 0 spiro atoms. The fourth-order valence-corrected chi connectivity index (χ4v) is 1.62. The van der Waals surface area contributed by atoms with Crippen LogP contribution in [-0.2, 0) is 9.47 Å². The highest BCUT2D eigenvalue weighted by Crippen LogP contribution is 2.26. The van der Waals surface area contributed by atoms with E-state index in [1.165, 1.54) is 26.4 Å². The third-order valence-corrected chi connectivity index (χ3v) is 2.85. The van der Waals surface area contributed by atoms with Crippen LogP contribution in [0.3, 0.4) is 0 Å². The molecule has 0 saturated carbocycles. The van der Waals surface area contributed by atoms with E-state index in [9.17, 15) is 14.9 Å². The lowest BCUT2D eigenvalue weighted by Gasteiger charge is -2.25. The minimum absolute atomic E-state index is 0.0181. The average Bonchev–Trinajstić information content (AvgIpc) is 2.45. The molecule has 0 aliphatic carbocycles. The average molecular weight is 283 g/mol. The summed E-state index contributed by atoms with van der Waals surface area (Å²) >= 11 is 0. The monoisotopic (exact) mass is 283 g/mol. The Bertz CT molecular complexity index is 506. The van der Waals surface area contributed by atoms with Crippen molar-refractivity contribution in [2.45, 2.75) is 13.0 Å². The number of rotatable bonds is 6. The number of hydrogen-bond acceptors (Lipinski definition) is 7. The number of hydrogen-bond donors (Lipinski definition) is 0. The number of aromatic nitrogens is 1. The van der Waals surface area contributed by atoms with Gasteiger partial charge in [0.2, 0.25) is 5.82 Å². The van der Waals surface area contributed by atoms with Gasteiger partial charge in [-0.25, -0.2) is 9.78 Å². The summed E-state index contributed by atoms with van der Waals surface area (Å²) in [6.07, 6.45) is 0. The molecular formula is C12H17N3O5. The van der Waals surface area contributed by atoms with Gasteiger partial charge in [-0.3, -0.25) is 10.1 Å². The number of esters is 1. The highest BCUT2D eigenvalue weighted by molar-refractivity contribution is 5.88. The van der Waals surface area contributed by atoms with Gasteiger partial charge in [0.1, 0.15) is 0 Å². The van der Waals surface area contributed by atoms with Gasteiger partial charge in [-0.1, -0.05) is 0 Å². The highest BCUT2D eigenvalue weighted by atomic mass is 16.6. The largest absolute Gasteiger partial charge is 0.464 e. The van der Waals surface area contributed by atoms with Crippen LogP contribution >= 0.6 is 0 Å². The number of anilines is 1. The highest BCUT2D eigenvalue weighted by Gasteiger charge is 2.24. The van der Waals surface area contributed by atoms with E-state index in [4.69, 9.17) is 4.74 Å². The van der Waals surface area contributed by atoms with Crippen molar-refractivity contribution in [2.24, 2.45) is 0 Å². The summed E-state index contributed by atoms with van der Waals surface area (Å²) in [5.74, 6) is -0.545. The van der Waals surface area contributed by atoms with Crippen molar-refractivity contribution in [2.75, 3.05) is 32.8 Å². The van der Waals surface area contributed by atoms with Crippen molar-refractivity contribution in [3.8, 4) is 0 Å². The number of nitrogens with zero attached hydrogens (tertiary/aromatic N) is 3. The molecule has 0 aromatic carbocycles. The van der Waals surface area contributed by atoms with Crippen LogP contribution in [0.25, 0.3) is 0 Å². The van der Waals surface area contributed by atoms with Crippen LogP contribution in [0, 0.1) is 10.1 Å². The maximum absolute atomic E-state index is 11.5. The van der Waals surface area contributed by atoms with Gasteiger partial charge in [0.15, 0.2) is 5.69 Å². The van der Waals surface area contributed by atoms with Crippen molar-refractivity contribution in [1.29, 1.82) is 0 Å². The Morgan fingerprint density at radius 1 is 1.50 bits per heavy atom. The maximum Gasteiger partial charge on any atom is 0.356 e. The summed E-state index contributed by atoms with van der Waals surface area (Å²) in [4.78, 5) is 27.6. The van der Waals surface area contributed by atoms with E-state index < -0.39 is 10.9 Å². The molecule has 1 atom stereocenters. The molecule has 20 heavy (non-hydrogen) atoms. The Kier molecular flexibility index (Phi) is 5.39. The first-order chi connectivity index (χ1) is 9.42. The third kappa shape index (κ3) is 3.41. The van der Waals surface area contributed by atoms with Crippen molar-refractivity contribution in [3.05, 3.63) is 27.9 Å². The maximum atomic E-state index is 11.5. The van der Waals surface area contributed by atoms with Crippen molar-refractivity contribution in [3.63, 3.8) is 0 Å². The zero-order valence-electron chi connectivity index (χ0n) is 11.8. The summed E-state index contributed by atoms with van der Waals surface area (Å²) < 4.78 is 9.58. The zero-order chi connectivity index (χ0) is 15.3. The number of carbonyl (C=O) groups is 1. The molecule has 1 aromatic heterocycles. The number of likely N-dealkylation sites (N-methyl/N-ethyl adjacent to an activating group) is 1. The first-order valence-corrected chi connectivity index (χ1v) is 5.87. The Morgan fingerprint density at radius 3 is 2.65 bits per heavy atom. The van der Waals surface area contributed by atoms with Gasteiger partial charge in [-0.15, -0.1) is 0 Å². The second-order valence-corrected chi connectivity index (χ2v) is 4.20. The fraction of sp³-hybridized carbons (Fsp3) is 0.500. The van der Waals surface area contributed by atoms with E-state index in [-0.39, 0.29) is 23.2 Å². The first-order valence-electron chi connectivity index (χ1n) is 5.87. The number of nitro groups is 1. The molecule has 8 heteroatoms. The minimum Gasteiger partial charge on any atom is -0.464 e. The molecular weight excluding hydrogens is 266 g/mol. The molecule has 1 rings (SSSR count). The van der Waals surface area contributed by atoms with Gasteiger partial charge in [-0.2, -0.15) is 0 Å². The minimum atomic E-state index is -0.644. The van der Waals surface area contributed by atoms with Gasteiger partial charge >= 0.3 is 11.7 Å². The van der Waals surface area contributed by atoms with Crippen LogP contribution in [0.1, 0.15) is 17.4 Å². The number of pyridine rings is 1. The molecule has 0 aliphatic heterocycles. The second-order valence-electron chi connectivity index (χ2n) is 4.20. The molecule has 0 bridgehead atoms. The van der Waals surface area contributed by atoms with E-state index in [1.807, 2.05) is 6.92 Å². The van der Waals surface area contributed by atoms with Crippen LogP contribution < -0.4 is 4.90 Å². The summed E-state index contributed by atoms with van der Waals surface area (Å²) in [7, 11) is 4.42. The molecule has 0 fully saturated rings. The van der Waals surface area contributed by atoms with Crippen LogP contribution in [0.15, 0.2) is 12.1 Å². The molecule has 0 amide bonds. The molecule has 0 N–H and O–H groups in total. The Balaban J connectivity index is 3.24. The van der Waals surface area contributed by atoms with Crippen LogP contribution in [0.5, 0.6) is 0 Å². The van der Waals surface area contributed by atoms with Gasteiger partial charge < -0.3 is 14.4 Å². The van der Waals surface area contributed by atoms with E-state index in [1.54, 1.807) is 11.9 Å². The number of methoxy groups -OCH3 is 2. The molecule has 110 valence electrons. The van der Waals surface area contributed by atoms with Crippen molar-refractivity contribution in [1.82, 2.24) is 4.98 Å². The number of carbonyl (C=O) groups excluding carboxylic acids is 1. The zero-order valence-corrected chi connectivity index (χ0v) is 11.8. The van der Waals surface area contributed by atoms with Gasteiger partial charge in [0.25, 0.3) is 0 Å². The molecule has 1 heterocycles. The van der Waals surface area contributed by atoms with Gasteiger partial charge in [0.05, 0.1) is 24.7 Å². The second kappa shape index (κ2) is 6.80. The first kappa shape index (κ1) is 15.8.